The predicted molar refractivity (Wildman–Crippen MR) is 130 cm³/mol. The number of benzene rings is 2. The number of hydrogen-bond donors (Lipinski definition) is 1. The van der Waals surface area contributed by atoms with Crippen LogP contribution < -0.4 is 5.43 Å². The molecule has 0 unspecified atom stereocenters. The van der Waals surface area contributed by atoms with Crippen LogP contribution in [0.5, 0.6) is 0 Å². The summed E-state index contributed by atoms with van der Waals surface area (Å²) in [6, 6.07) is 10.1. The molecule has 3 aromatic rings. The topological polar surface area (TPSA) is 89.5 Å². The molecular weight excluding hydrogens is 564 g/mol. The molecule has 0 saturated heterocycles. The first-order valence-corrected chi connectivity index (χ1v) is 11.1. The third kappa shape index (κ3) is 5.64. The maximum atomic E-state index is 12.8. The van der Waals surface area contributed by atoms with Crippen molar-refractivity contribution in [3.8, 4) is 5.69 Å². The molecule has 0 aliphatic heterocycles. The zero-order valence-electron chi connectivity index (χ0n) is 18.4. The number of rotatable bonds is 6. The van der Waals surface area contributed by atoms with Gasteiger partial charge in [-0.3, -0.25) is 14.9 Å². The van der Waals surface area contributed by atoms with E-state index in [9.17, 15) is 28.1 Å². The van der Waals surface area contributed by atoms with Crippen LogP contribution in [0, 0.1) is 34.5 Å². The monoisotopic (exact) mass is 584 g/mol. The van der Waals surface area contributed by atoms with E-state index < -0.39 is 34.7 Å². The van der Waals surface area contributed by atoms with Crippen LogP contribution in [0.2, 0.25) is 0 Å². The summed E-state index contributed by atoms with van der Waals surface area (Å²) in [5.41, 5.74) is 4.97. The largest absolute Gasteiger partial charge is 0.416 e. The van der Waals surface area contributed by atoms with Crippen molar-refractivity contribution in [2.45, 2.75) is 33.4 Å². The third-order valence-corrected chi connectivity index (χ3v) is 6.43. The van der Waals surface area contributed by atoms with Crippen LogP contribution in [-0.2, 0) is 17.4 Å². The molecule has 1 heterocycles. The minimum Gasteiger partial charge on any atom is -0.318 e. The minimum absolute atomic E-state index is 0.141. The first-order valence-electron chi connectivity index (χ1n) is 10.0. The van der Waals surface area contributed by atoms with Crippen molar-refractivity contribution in [1.82, 2.24) is 9.99 Å². The van der Waals surface area contributed by atoms with Crippen LogP contribution in [0.1, 0.15) is 33.6 Å². The van der Waals surface area contributed by atoms with E-state index in [-0.39, 0.29) is 5.56 Å². The Labute approximate surface area is 207 Å². The summed E-state index contributed by atoms with van der Waals surface area (Å²) in [5, 5.41) is 15.1. The number of nitro benzene ring substituents is 1. The molecule has 34 heavy (non-hydrogen) atoms. The van der Waals surface area contributed by atoms with E-state index in [0.29, 0.717) is 12.1 Å². The molecule has 1 N–H and O–H groups in total. The Bertz CT molecular complexity index is 1300. The van der Waals surface area contributed by atoms with E-state index in [1.54, 1.807) is 0 Å². The lowest BCUT2D eigenvalue weighted by atomic mass is 10.1. The van der Waals surface area contributed by atoms with Gasteiger partial charge in [-0.05, 0) is 79.3 Å². The number of nitrogens with one attached hydrogen (secondary N) is 1. The van der Waals surface area contributed by atoms with Gasteiger partial charge in [-0.1, -0.05) is 6.07 Å². The number of nitro groups is 1. The molecule has 0 aliphatic carbocycles. The second-order valence-corrected chi connectivity index (χ2v) is 8.83. The molecule has 11 heteroatoms. The molecule has 178 valence electrons. The van der Waals surface area contributed by atoms with E-state index in [0.717, 1.165) is 37.8 Å². The highest BCUT2D eigenvalue weighted by atomic mass is 127. The van der Waals surface area contributed by atoms with Gasteiger partial charge in [0, 0.05) is 37.8 Å². The van der Waals surface area contributed by atoms with E-state index in [2.05, 4.69) is 43.8 Å². The highest BCUT2D eigenvalue weighted by molar-refractivity contribution is 14.1. The highest BCUT2D eigenvalue weighted by Gasteiger charge is 2.33. The quantitative estimate of drug-likeness (QED) is 0.176. The maximum Gasteiger partial charge on any atom is 0.416 e. The average molecular weight is 584 g/mol. The van der Waals surface area contributed by atoms with E-state index >= 15 is 0 Å². The van der Waals surface area contributed by atoms with Gasteiger partial charge in [0.25, 0.3) is 5.69 Å². The normalized spacial score (nSPS) is 11.7. The molecule has 0 spiro atoms. The lowest BCUT2D eigenvalue weighted by Crippen LogP contribution is -2.20. The molecule has 7 nitrogen and oxygen atoms in total. The lowest BCUT2D eigenvalue weighted by Gasteiger charge is -2.11. The Morgan fingerprint density at radius 3 is 2.50 bits per heavy atom. The number of alkyl halides is 3. The molecule has 0 bridgehead atoms. The molecule has 1 amide bonds. The Hall–Kier alpha value is -3.22. The van der Waals surface area contributed by atoms with Crippen molar-refractivity contribution in [2.24, 2.45) is 5.10 Å². The fourth-order valence-electron chi connectivity index (χ4n) is 3.53. The molecule has 0 atom stereocenters. The van der Waals surface area contributed by atoms with Crippen LogP contribution in [0.15, 0.2) is 47.6 Å². The minimum atomic E-state index is -4.72. The van der Waals surface area contributed by atoms with Gasteiger partial charge in [-0.2, -0.15) is 18.3 Å². The second kappa shape index (κ2) is 9.95. The van der Waals surface area contributed by atoms with Gasteiger partial charge in [-0.15, -0.1) is 0 Å². The summed E-state index contributed by atoms with van der Waals surface area (Å²) in [6.45, 7) is 5.88. The zero-order valence-corrected chi connectivity index (χ0v) is 20.6. The Kier molecular flexibility index (Phi) is 7.44. The van der Waals surface area contributed by atoms with Gasteiger partial charge in [0.05, 0.1) is 23.1 Å². The maximum absolute atomic E-state index is 12.8. The number of carbonyl (C=O) groups excluding carboxylic acids is 1. The smallest absolute Gasteiger partial charge is 0.318 e. The van der Waals surface area contributed by atoms with Gasteiger partial charge in [0.2, 0.25) is 5.91 Å². The summed E-state index contributed by atoms with van der Waals surface area (Å²) in [6.07, 6.45) is -3.76. The second-order valence-electron chi connectivity index (χ2n) is 7.66. The molecule has 1 aromatic heterocycles. The average Bonchev–Trinajstić information content (AvgIpc) is 3.02. The van der Waals surface area contributed by atoms with Crippen LogP contribution in [0.3, 0.4) is 0 Å². The molecule has 3 rings (SSSR count). The molecular formula is C23H20F3IN4O3. The number of aryl methyl sites for hydroxylation is 2. The summed E-state index contributed by atoms with van der Waals surface area (Å²) in [7, 11) is 0. The molecule has 0 saturated carbocycles. The molecule has 0 aliphatic rings. The van der Waals surface area contributed by atoms with Crippen LogP contribution in [0.25, 0.3) is 5.69 Å². The van der Waals surface area contributed by atoms with E-state index in [1.165, 1.54) is 6.21 Å². The Morgan fingerprint density at radius 1 is 1.18 bits per heavy atom. The van der Waals surface area contributed by atoms with E-state index in [4.69, 9.17) is 0 Å². The first-order chi connectivity index (χ1) is 15.9. The number of hydrogen-bond acceptors (Lipinski definition) is 4. The molecule has 2 aromatic carbocycles. The van der Waals surface area contributed by atoms with Gasteiger partial charge in [-0.25, -0.2) is 5.43 Å². The number of amides is 1. The summed E-state index contributed by atoms with van der Waals surface area (Å²) >= 11 is 2.27. The summed E-state index contributed by atoms with van der Waals surface area (Å²) in [4.78, 5) is 22.5. The van der Waals surface area contributed by atoms with Crippen LogP contribution in [-0.4, -0.2) is 21.6 Å². The number of nitrogens with zero attached hydrogens (tertiary/aromatic N) is 3. The standard InChI is InChI=1S/C23H20F3IN4O3/c1-13-8-19(6-7-20(13)27)30-14(2)9-17(15(30)3)12-28-29-22(32)10-16-4-5-18(23(24,25)26)11-21(16)31(33)34/h4-9,11-12H,10H2,1-3H3,(H,29,32)/b28-12+. The van der Waals surface area contributed by atoms with Crippen LogP contribution >= 0.6 is 22.6 Å². The predicted octanol–water partition coefficient (Wildman–Crippen LogP) is 5.63. The van der Waals surface area contributed by atoms with Crippen LogP contribution in [0.4, 0.5) is 18.9 Å². The van der Waals surface area contributed by atoms with Gasteiger partial charge in [0.15, 0.2) is 0 Å². The van der Waals surface area contributed by atoms with Crippen molar-refractivity contribution < 1.29 is 22.9 Å². The number of carbonyl (C=O) groups is 1. The van der Waals surface area contributed by atoms with Crippen molar-refractivity contribution >= 4 is 40.4 Å². The summed E-state index contributed by atoms with van der Waals surface area (Å²) in [5.74, 6) is -0.693. The first kappa shape index (κ1) is 25.4. The number of hydrazone groups is 1. The third-order valence-electron chi connectivity index (χ3n) is 5.22. The fourth-order valence-corrected chi connectivity index (χ4v) is 3.87. The van der Waals surface area contributed by atoms with Crippen molar-refractivity contribution in [2.75, 3.05) is 0 Å². The Balaban J connectivity index is 1.75. The fraction of sp³-hybridized carbons (Fsp3) is 0.217. The van der Waals surface area contributed by atoms with Crippen molar-refractivity contribution in [3.63, 3.8) is 0 Å². The lowest BCUT2D eigenvalue weighted by molar-refractivity contribution is -0.385. The number of aromatic nitrogens is 1. The van der Waals surface area contributed by atoms with Crippen molar-refractivity contribution in [1.29, 1.82) is 0 Å². The van der Waals surface area contributed by atoms with Gasteiger partial charge in [0.1, 0.15) is 0 Å². The van der Waals surface area contributed by atoms with Gasteiger partial charge < -0.3 is 4.57 Å². The van der Waals surface area contributed by atoms with Crippen molar-refractivity contribution in [3.05, 3.63) is 89.8 Å². The number of halogens is 4. The van der Waals surface area contributed by atoms with Gasteiger partial charge >= 0.3 is 6.18 Å². The Morgan fingerprint density at radius 2 is 1.88 bits per heavy atom. The molecule has 0 radical (unpaired) electrons. The highest BCUT2D eigenvalue weighted by Crippen LogP contribution is 2.33. The molecule has 0 fully saturated rings. The zero-order chi connectivity index (χ0) is 25.2. The SMILES string of the molecule is Cc1cc(-n2c(C)cc(/C=N/NC(=O)Cc3ccc(C(F)(F)F)cc3[N+](=O)[O-])c2C)ccc1I. The summed E-state index contributed by atoms with van der Waals surface area (Å²) < 4.78 is 41.7. The van der Waals surface area contributed by atoms with E-state index in [1.807, 2.05) is 39.0 Å².